The van der Waals surface area contributed by atoms with Gasteiger partial charge < -0.3 is 15.4 Å². The van der Waals surface area contributed by atoms with Gasteiger partial charge in [-0.05, 0) is 12.1 Å². The Morgan fingerprint density at radius 3 is 2.90 bits per heavy atom. The molecule has 20 heavy (non-hydrogen) atoms. The number of benzene rings is 1. The summed E-state index contributed by atoms with van der Waals surface area (Å²) in [6.07, 6.45) is 0. The zero-order valence-electron chi connectivity index (χ0n) is 11.5. The third-order valence-corrected chi connectivity index (χ3v) is 3.21. The Labute approximate surface area is 118 Å². The van der Waals surface area contributed by atoms with Crippen LogP contribution < -0.4 is 15.4 Å². The molecule has 0 unspecified atom stereocenters. The second-order valence-electron chi connectivity index (χ2n) is 4.57. The molecule has 0 radical (unpaired) electrons. The molecule has 6 nitrogen and oxygen atoms in total. The number of ether oxygens (including phenoxy) is 1. The Morgan fingerprint density at radius 2 is 2.25 bits per heavy atom. The predicted octanol–water partition coefficient (Wildman–Crippen LogP) is 0.411. The van der Waals surface area contributed by atoms with Crippen LogP contribution in [0.4, 0.5) is 5.69 Å². The zero-order valence-corrected chi connectivity index (χ0v) is 11.5. The molecule has 0 saturated carbocycles. The number of nitrogens with one attached hydrogen (secondary N) is 2. The SMILES string of the molecule is COc1cccc(C#N)c1NC(=O)CN1CCNCC1. The number of para-hydroxylation sites is 1. The van der Waals surface area contributed by atoms with Crippen LogP contribution in [-0.2, 0) is 4.79 Å². The van der Waals surface area contributed by atoms with Crippen molar-refractivity contribution in [3.05, 3.63) is 23.8 Å². The number of piperazine rings is 1. The average Bonchev–Trinajstić information content (AvgIpc) is 2.48. The van der Waals surface area contributed by atoms with Crippen molar-refractivity contribution in [1.29, 1.82) is 5.26 Å². The minimum atomic E-state index is -0.132. The summed E-state index contributed by atoms with van der Waals surface area (Å²) in [7, 11) is 1.52. The number of carbonyl (C=O) groups is 1. The van der Waals surface area contributed by atoms with Crippen LogP contribution in [0.3, 0.4) is 0 Å². The van der Waals surface area contributed by atoms with E-state index in [1.165, 1.54) is 7.11 Å². The van der Waals surface area contributed by atoms with Crippen molar-refractivity contribution in [3.63, 3.8) is 0 Å². The second-order valence-corrected chi connectivity index (χ2v) is 4.57. The van der Waals surface area contributed by atoms with E-state index in [0.29, 0.717) is 23.5 Å². The fourth-order valence-electron chi connectivity index (χ4n) is 2.17. The maximum atomic E-state index is 12.1. The predicted molar refractivity (Wildman–Crippen MR) is 75.6 cm³/mol. The second kappa shape index (κ2) is 6.89. The average molecular weight is 274 g/mol. The summed E-state index contributed by atoms with van der Waals surface area (Å²) in [6, 6.07) is 7.17. The van der Waals surface area contributed by atoms with Crippen molar-refractivity contribution in [2.24, 2.45) is 0 Å². The number of rotatable bonds is 4. The van der Waals surface area contributed by atoms with Gasteiger partial charge in [-0.15, -0.1) is 0 Å². The first-order chi connectivity index (χ1) is 9.74. The van der Waals surface area contributed by atoms with Gasteiger partial charge in [0, 0.05) is 26.2 Å². The molecular weight excluding hydrogens is 256 g/mol. The van der Waals surface area contributed by atoms with E-state index in [1.807, 2.05) is 0 Å². The zero-order chi connectivity index (χ0) is 14.4. The number of nitrogens with zero attached hydrogens (tertiary/aromatic N) is 2. The number of carbonyl (C=O) groups excluding carboxylic acids is 1. The first kappa shape index (κ1) is 14.3. The van der Waals surface area contributed by atoms with Crippen LogP contribution in [0.25, 0.3) is 0 Å². The lowest BCUT2D eigenvalue weighted by atomic mass is 10.1. The lowest BCUT2D eigenvalue weighted by Gasteiger charge is -2.26. The first-order valence-corrected chi connectivity index (χ1v) is 6.54. The summed E-state index contributed by atoms with van der Waals surface area (Å²) in [5, 5.41) is 15.1. The smallest absolute Gasteiger partial charge is 0.238 e. The molecule has 1 aromatic rings. The maximum Gasteiger partial charge on any atom is 0.238 e. The topological polar surface area (TPSA) is 77.4 Å². The molecule has 0 atom stereocenters. The van der Waals surface area contributed by atoms with Crippen LogP contribution in [0.15, 0.2) is 18.2 Å². The van der Waals surface area contributed by atoms with E-state index in [2.05, 4.69) is 21.6 Å². The number of methoxy groups -OCH3 is 1. The normalized spacial score (nSPS) is 15.4. The molecule has 2 rings (SSSR count). The van der Waals surface area contributed by atoms with E-state index in [4.69, 9.17) is 10.00 Å². The Morgan fingerprint density at radius 1 is 1.50 bits per heavy atom. The van der Waals surface area contributed by atoms with E-state index in [1.54, 1.807) is 18.2 Å². The molecule has 1 aliphatic heterocycles. The van der Waals surface area contributed by atoms with Gasteiger partial charge in [0.1, 0.15) is 17.5 Å². The molecule has 0 aliphatic carbocycles. The Bertz CT molecular complexity index is 518. The fraction of sp³-hybridized carbons (Fsp3) is 0.429. The van der Waals surface area contributed by atoms with Gasteiger partial charge in [-0.1, -0.05) is 6.07 Å². The molecule has 0 aromatic heterocycles. The number of hydrogen-bond acceptors (Lipinski definition) is 5. The van der Waals surface area contributed by atoms with Gasteiger partial charge in [0.25, 0.3) is 0 Å². The standard InChI is InChI=1S/C14H18N4O2/c1-20-12-4-2-3-11(9-15)14(12)17-13(19)10-18-7-5-16-6-8-18/h2-4,16H,5-8,10H2,1H3,(H,17,19). The van der Waals surface area contributed by atoms with Gasteiger partial charge in [0.15, 0.2) is 0 Å². The molecule has 1 fully saturated rings. The van der Waals surface area contributed by atoms with Crippen molar-refractivity contribution < 1.29 is 9.53 Å². The highest BCUT2D eigenvalue weighted by atomic mass is 16.5. The summed E-state index contributed by atoms with van der Waals surface area (Å²) in [5.74, 6) is 0.366. The minimum Gasteiger partial charge on any atom is -0.495 e. The van der Waals surface area contributed by atoms with E-state index >= 15 is 0 Å². The molecule has 6 heteroatoms. The van der Waals surface area contributed by atoms with E-state index < -0.39 is 0 Å². The third kappa shape index (κ3) is 3.47. The number of nitriles is 1. The molecule has 106 valence electrons. The minimum absolute atomic E-state index is 0.132. The van der Waals surface area contributed by atoms with Crippen molar-refractivity contribution in [2.45, 2.75) is 0 Å². The van der Waals surface area contributed by atoms with Crippen LogP contribution in [-0.4, -0.2) is 50.6 Å². The van der Waals surface area contributed by atoms with Crippen LogP contribution in [0.1, 0.15) is 5.56 Å². The van der Waals surface area contributed by atoms with Gasteiger partial charge in [-0.25, -0.2) is 0 Å². The number of anilines is 1. The molecule has 1 aliphatic rings. The van der Waals surface area contributed by atoms with E-state index in [0.717, 1.165) is 26.2 Å². The summed E-state index contributed by atoms with van der Waals surface area (Å²) < 4.78 is 5.19. The molecule has 1 heterocycles. The molecule has 2 N–H and O–H groups in total. The Hall–Kier alpha value is -2.10. The summed E-state index contributed by atoms with van der Waals surface area (Å²) in [4.78, 5) is 14.2. The highest BCUT2D eigenvalue weighted by Gasteiger charge is 2.16. The number of hydrogen-bond donors (Lipinski definition) is 2. The highest BCUT2D eigenvalue weighted by molar-refractivity contribution is 5.95. The van der Waals surface area contributed by atoms with Crippen molar-refractivity contribution in [3.8, 4) is 11.8 Å². The van der Waals surface area contributed by atoms with Crippen LogP contribution in [0.2, 0.25) is 0 Å². The van der Waals surface area contributed by atoms with Crippen molar-refractivity contribution in [2.75, 3.05) is 45.2 Å². The van der Waals surface area contributed by atoms with Crippen molar-refractivity contribution >= 4 is 11.6 Å². The summed E-state index contributed by atoms with van der Waals surface area (Å²) in [5.41, 5.74) is 0.843. The maximum absolute atomic E-state index is 12.1. The van der Waals surface area contributed by atoms with Gasteiger partial charge in [0.2, 0.25) is 5.91 Å². The lowest BCUT2D eigenvalue weighted by Crippen LogP contribution is -2.46. The highest BCUT2D eigenvalue weighted by Crippen LogP contribution is 2.27. The van der Waals surface area contributed by atoms with E-state index in [-0.39, 0.29) is 5.91 Å². The van der Waals surface area contributed by atoms with E-state index in [9.17, 15) is 4.79 Å². The monoisotopic (exact) mass is 274 g/mol. The van der Waals surface area contributed by atoms with Crippen LogP contribution >= 0.6 is 0 Å². The Kier molecular flexibility index (Phi) is 4.93. The molecular formula is C14H18N4O2. The summed E-state index contributed by atoms with van der Waals surface area (Å²) >= 11 is 0. The quantitative estimate of drug-likeness (QED) is 0.831. The molecule has 1 saturated heterocycles. The summed E-state index contributed by atoms with van der Waals surface area (Å²) in [6.45, 7) is 3.82. The molecule has 0 spiro atoms. The van der Waals surface area contributed by atoms with Crippen LogP contribution in [0, 0.1) is 11.3 Å². The lowest BCUT2D eigenvalue weighted by molar-refractivity contribution is -0.117. The molecule has 1 aromatic carbocycles. The Balaban J connectivity index is 2.05. The van der Waals surface area contributed by atoms with Gasteiger partial charge in [0.05, 0.1) is 19.2 Å². The molecule has 1 amide bonds. The first-order valence-electron chi connectivity index (χ1n) is 6.54. The van der Waals surface area contributed by atoms with Gasteiger partial charge in [-0.3, -0.25) is 9.69 Å². The largest absolute Gasteiger partial charge is 0.495 e. The van der Waals surface area contributed by atoms with Crippen LogP contribution in [0.5, 0.6) is 5.75 Å². The third-order valence-electron chi connectivity index (χ3n) is 3.21. The van der Waals surface area contributed by atoms with Gasteiger partial charge >= 0.3 is 0 Å². The van der Waals surface area contributed by atoms with Crippen molar-refractivity contribution in [1.82, 2.24) is 10.2 Å². The number of amides is 1. The fourth-order valence-corrected chi connectivity index (χ4v) is 2.17. The van der Waals surface area contributed by atoms with Gasteiger partial charge in [-0.2, -0.15) is 5.26 Å². The molecule has 0 bridgehead atoms.